The number of nitrogens with zero attached hydrogens (tertiary/aromatic N) is 3. The molecule has 0 radical (unpaired) electrons. The maximum atomic E-state index is 9.63. The Labute approximate surface area is 150 Å². The summed E-state index contributed by atoms with van der Waals surface area (Å²) in [7, 11) is 4.95. The first-order chi connectivity index (χ1) is 12.1. The molecule has 0 N–H and O–H groups in total. The van der Waals surface area contributed by atoms with Gasteiger partial charge >= 0.3 is 0 Å². The van der Waals surface area contributed by atoms with Crippen molar-refractivity contribution in [2.24, 2.45) is 7.05 Å². The van der Waals surface area contributed by atoms with E-state index in [0.717, 1.165) is 16.6 Å². The Balaban J connectivity index is 2.14. The SMILES string of the molecule is COc1cc(/C=C(/C#N)c2nc3ccccc3n2C)cc(Cl)c1OC. The van der Waals surface area contributed by atoms with Crippen molar-refractivity contribution in [3.8, 4) is 17.6 Å². The van der Waals surface area contributed by atoms with Crippen LogP contribution in [0.5, 0.6) is 11.5 Å². The van der Waals surface area contributed by atoms with Crippen LogP contribution < -0.4 is 9.47 Å². The fourth-order valence-electron chi connectivity index (χ4n) is 2.72. The molecule has 0 aliphatic carbocycles. The van der Waals surface area contributed by atoms with E-state index >= 15 is 0 Å². The normalized spacial score (nSPS) is 11.4. The van der Waals surface area contributed by atoms with Crippen molar-refractivity contribution < 1.29 is 9.47 Å². The highest BCUT2D eigenvalue weighted by Crippen LogP contribution is 2.37. The Bertz CT molecular complexity index is 1020. The summed E-state index contributed by atoms with van der Waals surface area (Å²) in [5, 5.41) is 10.0. The van der Waals surface area contributed by atoms with Gasteiger partial charge in [0.05, 0.1) is 35.8 Å². The van der Waals surface area contributed by atoms with E-state index in [-0.39, 0.29) is 0 Å². The first kappa shape index (κ1) is 16.9. The largest absolute Gasteiger partial charge is 0.493 e. The van der Waals surface area contributed by atoms with Gasteiger partial charge in [-0.2, -0.15) is 5.26 Å². The maximum Gasteiger partial charge on any atom is 0.179 e. The summed E-state index contributed by atoms with van der Waals surface area (Å²) < 4.78 is 12.4. The highest BCUT2D eigenvalue weighted by Gasteiger charge is 2.14. The molecule has 6 heteroatoms. The molecule has 1 aromatic heterocycles. The maximum absolute atomic E-state index is 9.63. The van der Waals surface area contributed by atoms with Gasteiger partial charge in [0.1, 0.15) is 6.07 Å². The number of fused-ring (bicyclic) bond motifs is 1. The number of aromatic nitrogens is 2. The zero-order valence-corrected chi connectivity index (χ0v) is 14.8. The summed E-state index contributed by atoms with van der Waals surface area (Å²) in [5.41, 5.74) is 2.96. The average molecular weight is 354 g/mol. The van der Waals surface area contributed by atoms with Crippen LogP contribution >= 0.6 is 11.6 Å². The second-order valence-corrected chi connectivity index (χ2v) is 5.80. The number of methoxy groups -OCH3 is 2. The number of halogens is 1. The Hall–Kier alpha value is -2.97. The van der Waals surface area contributed by atoms with E-state index in [2.05, 4.69) is 11.1 Å². The van der Waals surface area contributed by atoms with Crippen molar-refractivity contribution in [3.05, 3.63) is 52.8 Å². The third-order valence-electron chi connectivity index (χ3n) is 3.92. The van der Waals surface area contributed by atoms with Crippen molar-refractivity contribution in [3.63, 3.8) is 0 Å². The lowest BCUT2D eigenvalue weighted by Gasteiger charge is -2.10. The molecule has 126 valence electrons. The standard InChI is InChI=1S/C19H16ClN3O2/c1-23-16-7-5-4-6-15(16)22-19(23)13(11-21)8-12-9-14(20)18(25-3)17(10-12)24-2/h4-10H,1-3H3/b13-8-. The molecule has 0 spiro atoms. The molecule has 3 rings (SSSR count). The van der Waals surface area contributed by atoms with Gasteiger partial charge in [0, 0.05) is 7.05 Å². The van der Waals surface area contributed by atoms with E-state index < -0.39 is 0 Å². The van der Waals surface area contributed by atoms with Crippen LogP contribution in [0.4, 0.5) is 0 Å². The molecule has 0 saturated carbocycles. The quantitative estimate of drug-likeness (QED) is 0.656. The molecule has 2 aromatic carbocycles. The van der Waals surface area contributed by atoms with Crippen LogP contribution in [0.3, 0.4) is 0 Å². The van der Waals surface area contributed by atoms with Crippen LogP contribution in [-0.4, -0.2) is 23.8 Å². The highest BCUT2D eigenvalue weighted by molar-refractivity contribution is 6.32. The number of nitriles is 1. The second-order valence-electron chi connectivity index (χ2n) is 5.39. The smallest absolute Gasteiger partial charge is 0.179 e. The predicted octanol–water partition coefficient (Wildman–Crippen LogP) is 4.31. The van der Waals surface area contributed by atoms with Crippen LogP contribution in [0.15, 0.2) is 36.4 Å². The van der Waals surface area contributed by atoms with Crippen molar-refractivity contribution >= 4 is 34.3 Å². The van der Waals surface area contributed by atoms with Crippen LogP contribution in [0.2, 0.25) is 5.02 Å². The van der Waals surface area contributed by atoms with Gasteiger partial charge in [0.2, 0.25) is 0 Å². The molecule has 0 saturated heterocycles. The van der Waals surface area contributed by atoms with E-state index in [1.54, 1.807) is 25.3 Å². The molecule has 0 bridgehead atoms. The highest BCUT2D eigenvalue weighted by atomic mass is 35.5. The first-order valence-corrected chi connectivity index (χ1v) is 7.92. The van der Waals surface area contributed by atoms with E-state index in [4.69, 9.17) is 21.1 Å². The van der Waals surface area contributed by atoms with Crippen molar-refractivity contribution in [2.45, 2.75) is 0 Å². The Morgan fingerprint density at radius 1 is 1.24 bits per heavy atom. The number of hydrogen-bond acceptors (Lipinski definition) is 4. The number of imidazole rings is 1. The lowest BCUT2D eigenvalue weighted by atomic mass is 10.1. The van der Waals surface area contributed by atoms with Gasteiger partial charge in [0.15, 0.2) is 17.3 Å². The van der Waals surface area contributed by atoms with Crippen molar-refractivity contribution in [1.82, 2.24) is 9.55 Å². The summed E-state index contributed by atoms with van der Waals surface area (Å²) >= 11 is 6.24. The Morgan fingerprint density at radius 2 is 2.00 bits per heavy atom. The first-order valence-electron chi connectivity index (χ1n) is 7.54. The van der Waals surface area contributed by atoms with Crippen LogP contribution in [0, 0.1) is 11.3 Å². The topological polar surface area (TPSA) is 60.1 Å². The molecular weight excluding hydrogens is 338 g/mol. The Morgan fingerprint density at radius 3 is 2.64 bits per heavy atom. The third kappa shape index (κ3) is 3.04. The minimum absolute atomic E-state index is 0.412. The minimum Gasteiger partial charge on any atom is -0.493 e. The molecule has 1 heterocycles. The van der Waals surface area contributed by atoms with Gasteiger partial charge in [0.25, 0.3) is 0 Å². The zero-order chi connectivity index (χ0) is 18.0. The zero-order valence-electron chi connectivity index (χ0n) is 14.1. The number of rotatable bonds is 4. The van der Waals surface area contributed by atoms with Gasteiger partial charge < -0.3 is 14.0 Å². The molecule has 0 aliphatic rings. The molecule has 0 unspecified atom stereocenters. The fourth-order valence-corrected chi connectivity index (χ4v) is 3.02. The number of benzene rings is 2. The number of para-hydroxylation sites is 2. The van der Waals surface area contributed by atoms with Crippen LogP contribution in [0.1, 0.15) is 11.4 Å². The predicted molar refractivity (Wildman–Crippen MR) is 98.8 cm³/mol. The Kier molecular flexibility index (Phi) is 4.64. The molecule has 0 amide bonds. The molecule has 5 nitrogen and oxygen atoms in total. The molecular formula is C19H16ClN3O2. The summed E-state index contributed by atoms with van der Waals surface area (Å²) in [5.74, 6) is 1.56. The molecule has 0 fully saturated rings. The van der Waals surface area contributed by atoms with Crippen molar-refractivity contribution in [1.29, 1.82) is 5.26 Å². The van der Waals surface area contributed by atoms with Crippen LogP contribution in [-0.2, 0) is 7.05 Å². The van der Waals surface area contributed by atoms with Crippen LogP contribution in [0.25, 0.3) is 22.7 Å². The summed E-state index contributed by atoms with van der Waals surface area (Å²) in [6.45, 7) is 0. The minimum atomic E-state index is 0.412. The third-order valence-corrected chi connectivity index (χ3v) is 4.20. The second kappa shape index (κ2) is 6.88. The van der Waals surface area contributed by atoms with Gasteiger partial charge in [-0.15, -0.1) is 0 Å². The van der Waals surface area contributed by atoms with Crippen molar-refractivity contribution in [2.75, 3.05) is 14.2 Å². The van der Waals surface area contributed by atoms with Gasteiger partial charge in [-0.3, -0.25) is 0 Å². The van der Waals surface area contributed by atoms with E-state index in [1.807, 2.05) is 35.9 Å². The fraction of sp³-hybridized carbons (Fsp3) is 0.158. The van der Waals surface area contributed by atoms with Gasteiger partial charge in [-0.25, -0.2) is 4.98 Å². The molecule has 3 aromatic rings. The number of ether oxygens (including phenoxy) is 2. The van der Waals surface area contributed by atoms with Gasteiger partial charge in [-0.05, 0) is 35.9 Å². The summed E-state index contributed by atoms with van der Waals surface area (Å²) in [4.78, 5) is 4.56. The molecule has 25 heavy (non-hydrogen) atoms. The van der Waals surface area contributed by atoms with Gasteiger partial charge in [-0.1, -0.05) is 23.7 Å². The number of hydrogen-bond donors (Lipinski definition) is 0. The van der Waals surface area contributed by atoms with E-state index in [0.29, 0.717) is 27.9 Å². The molecule has 0 aliphatic heterocycles. The average Bonchev–Trinajstić information content (AvgIpc) is 2.96. The lowest BCUT2D eigenvalue weighted by molar-refractivity contribution is 0.355. The summed E-state index contributed by atoms with van der Waals surface area (Å²) in [6.07, 6.45) is 1.73. The summed E-state index contributed by atoms with van der Waals surface area (Å²) in [6, 6.07) is 13.5. The molecule has 0 atom stereocenters. The monoisotopic (exact) mass is 353 g/mol. The van der Waals surface area contributed by atoms with E-state index in [9.17, 15) is 5.26 Å². The van der Waals surface area contributed by atoms with E-state index in [1.165, 1.54) is 7.11 Å². The number of allylic oxidation sites excluding steroid dienone is 1. The lowest BCUT2D eigenvalue weighted by Crippen LogP contribution is -1.96. The number of aryl methyl sites for hydroxylation is 1.